The van der Waals surface area contributed by atoms with E-state index in [0.717, 1.165) is 16.5 Å². The van der Waals surface area contributed by atoms with E-state index in [0.29, 0.717) is 12.2 Å². The number of benzene rings is 1. The fraction of sp³-hybridized carbons (Fsp3) is 0.462. The van der Waals surface area contributed by atoms with Crippen LogP contribution in [0.3, 0.4) is 0 Å². The molecule has 0 saturated carbocycles. The lowest BCUT2D eigenvalue weighted by atomic mass is 10.1. The molecule has 0 aromatic heterocycles. The monoisotopic (exact) mass is 299 g/mol. The predicted octanol–water partition coefficient (Wildman–Crippen LogP) is 2.91. The van der Waals surface area contributed by atoms with E-state index < -0.39 is 0 Å². The van der Waals surface area contributed by atoms with Gasteiger partial charge in [0.2, 0.25) is 0 Å². The maximum atomic E-state index is 12.1. The van der Waals surface area contributed by atoms with Gasteiger partial charge in [0.25, 0.3) is 5.91 Å². The standard InChI is InChI=1S/C13H18BrNO2/c1-4-11(8-17-3)15-13(16)12-7-10(14)6-5-9(12)2/h5-7,11H,4,8H2,1-3H3,(H,15,16). The van der Waals surface area contributed by atoms with Crippen molar-refractivity contribution in [2.45, 2.75) is 26.3 Å². The van der Waals surface area contributed by atoms with Gasteiger partial charge in [-0.15, -0.1) is 0 Å². The van der Waals surface area contributed by atoms with E-state index in [-0.39, 0.29) is 11.9 Å². The average Bonchev–Trinajstić information content (AvgIpc) is 2.31. The molecule has 1 aromatic carbocycles. The fourth-order valence-electron chi connectivity index (χ4n) is 1.56. The Kier molecular flexibility index (Phi) is 5.65. The summed E-state index contributed by atoms with van der Waals surface area (Å²) in [6, 6.07) is 5.75. The van der Waals surface area contributed by atoms with Crippen LogP contribution in [0.4, 0.5) is 0 Å². The molecule has 0 aliphatic carbocycles. The molecule has 0 heterocycles. The first-order valence-corrected chi connectivity index (χ1v) is 6.43. The molecule has 1 atom stereocenters. The highest BCUT2D eigenvalue weighted by atomic mass is 79.9. The van der Waals surface area contributed by atoms with Crippen LogP contribution in [-0.4, -0.2) is 25.7 Å². The minimum Gasteiger partial charge on any atom is -0.383 e. The summed E-state index contributed by atoms with van der Waals surface area (Å²) in [6.45, 7) is 4.49. The van der Waals surface area contributed by atoms with Crippen LogP contribution in [0.2, 0.25) is 0 Å². The average molecular weight is 300 g/mol. The Morgan fingerprint density at radius 1 is 1.53 bits per heavy atom. The van der Waals surface area contributed by atoms with Gasteiger partial charge in [-0.2, -0.15) is 0 Å². The lowest BCUT2D eigenvalue weighted by Gasteiger charge is -2.16. The number of rotatable bonds is 5. The smallest absolute Gasteiger partial charge is 0.251 e. The van der Waals surface area contributed by atoms with Gasteiger partial charge < -0.3 is 10.1 Å². The zero-order valence-corrected chi connectivity index (χ0v) is 12.0. The zero-order valence-electron chi connectivity index (χ0n) is 10.4. The largest absolute Gasteiger partial charge is 0.383 e. The first-order valence-electron chi connectivity index (χ1n) is 5.64. The van der Waals surface area contributed by atoms with Gasteiger partial charge in [0.15, 0.2) is 0 Å². The van der Waals surface area contributed by atoms with Gasteiger partial charge in [-0.05, 0) is 31.0 Å². The maximum Gasteiger partial charge on any atom is 0.251 e. The Morgan fingerprint density at radius 3 is 2.82 bits per heavy atom. The van der Waals surface area contributed by atoms with Crippen molar-refractivity contribution < 1.29 is 9.53 Å². The number of halogens is 1. The molecule has 1 rings (SSSR count). The third-order valence-electron chi connectivity index (χ3n) is 2.64. The van der Waals surface area contributed by atoms with Crippen molar-refractivity contribution in [1.29, 1.82) is 0 Å². The Bertz CT molecular complexity index is 393. The van der Waals surface area contributed by atoms with Crippen molar-refractivity contribution in [2.75, 3.05) is 13.7 Å². The van der Waals surface area contributed by atoms with Crippen molar-refractivity contribution in [3.8, 4) is 0 Å². The van der Waals surface area contributed by atoms with Crippen molar-refractivity contribution in [1.82, 2.24) is 5.32 Å². The molecule has 1 aromatic rings. The van der Waals surface area contributed by atoms with Crippen molar-refractivity contribution in [3.63, 3.8) is 0 Å². The summed E-state index contributed by atoms with van der Waals surface area (Å²) in [7, 11) is 1.64. The molecule has 0 aliphatic heterocycles. The van der Waals surface area contributed by atoms with Crippen molar-refractivity contribution >= 4 is 21.8 Å². The minimum atomic E-state index is -0.0484. The molecule has 0 fully saturated rings. The van der Waals surface area contributed by atoms with Crippen molar-refractivity contribution in [2.24, 2.45) is 0 Å². The highest BCUT2D eigenvalue weighted by Gasteiger charge is 2.14. The first kappa shape index (κ1) is 14.2. The van der Waals surface area contributed by atoms with Crippen LogP contribution in [0, 0.1) is 6.92 Å². The van der Waals surface area contributed by atoms with E-state index in [9.17, 15) is 4.79 Å². The summed E-state index contributed by atoms with van der Waals surface area (Å²) in [6.07, 6.45) is 0.854. The second-order valence-corrected chi connectivity index (χ2v) is 4.91. The Morgan fingerprint density at radius 2 is 2.24 bits per heavy atom. The fourth-order valence-corrected chi connectivity index (χ4v) is 1.93. The van der Waals surface area contributed by atoms with Gasteiger partial charge >= 0.3 is 0 Å². The Labute approximate surface area is 111 Å². The van der Waals surface area contributed by atoms with E-state index in [1.165, 1.54) is 0 Å². The summed E-state index contributed by atoms with van der Waals surface area (Å²) < 4.78 is 5.97. The molecule has 0 bridgehead atoms. The Hall–Kier alpha value is -0.870. The van der Waals surface area contributed by atoms with Crippen molar-refractivity contribution in [3.05, 3.63) is 33.8 Å². The summed E-state index contributed by atoms with van der Waals surface area (Å²) >= 11 is 3.37. The summed E-state index contributed by atoms with van der Waals surface area (Å²) in [5.74, 6) is -0.0484. The predicted molar refractivity (Wildman–Crippen MR) is 72.3 cm³/mol. The molecule has 1 unspecified atom stereocenters. The molecule has 0 saturated heterocycles. The number of methoxy groups -OCH3 is 1. The van der Waals surface area contributed by atoms with Gasteiger partial charge in [0.05, 0.1) is 12.6 Å². The van der Waals surface area contributed by atoms with Gasteiger partial charge in [-0.25, -0.2) is 0 Å². The molecule has 0 spiro atoms. The number of aryl methyl sites for hydroxylation is 1. The molecule has 94 valence electrons. The first-order chi connectivity index (χ1) is 8.08. The van der Waals surface area contributed by atoms with Crippen LogP contribution in [0.25, 0.3) is 0 Å². The molecule has 17 heavy (non-hydrogen) atoms. The van der Waals surface area contributed by atoms with Gasteiger partial charge in [-0.3, -0.25) is 4.79 Å². The number of carbonyl (C=O) groups is 1. The Balaban J connectivity index is 2.78. The molecule has 3 nitrogen and oxygen atoms in total. The number of hydrogen-bond donors (Lipinski definition) is 1. The SMILES string of the molecule is CCC(COC)NC(=O)c1cc(Br)ccc1C. The molecule has 1 N–H and O–H groups in total. The lowest BCUT2D eigenvalue weighted by Crippen LogP contribution is -2.37. The third kappa shape index (κ3) is 4.13. The van der Waals surface area contributed by atoms with Crippen LogP contribution in [0.5, 0.6) is 0 Å². The molecule has 0 radical (unpaired) electrons. The normalized spacial score (nSPS) is 12.2. The number of ether oxygens (including phenoxy) is 1. The van der Waals surface area contributed by atoms with E-state index >= 15 is 0 Å². The second-order valence-electron chi connectivity index (χ2n) is 3.99. The number of nitrogens with one attached hydrogen (secondary N) is 1. The lowest BCUT2D eigenvalue weighted by molar-refractivity contribution is 0.0894. The topological polar surface area (TPSA) is 38.3 Å². The highest BCUT2D eigenvalue weighted by molar-refractivity contribution is 9.10. The molecule has 1 amide bonds. The quantitative estimate of drug-likeness (QED) is 0.908. The maximum absolute atomic E-state index is 12.1. The minimum absolute atomic E-state index is 0.0484. The van der Waals surface area contributed by atoms with E-state index in [4.69, 9.17) is 4.74 Å². The third-order valence-corrected chi connectivity index (χ3v) is 3.13. The van der Waals surface area contributed by atoms with E-state index in [1.807, 2.05) is 32.0 Å². The van der Waals surface area contributed by atoms with Crippen LogP contribution < -0.4 is 5.32 Å². The number of hydrogen-bond acceptors (Lipinski definition) is 2. The molecule has 4 heteroatoms. The number of amides is 1. The van der Waals surface area contributed by atoms with E-state index in [1.54, 1.807) is 7.11 Å². The van der Waals surface area contributed by atoms with Gasteiger partial charge in [0, 0.05) is 17.1 Å². The zero-order chi connectivity index (χ0) is 12.8. The van der Waals surface area contributed by atoms with Crippen LogP contribution >= 0.6 is 15.9 Å². The molecule has 0 aliphatic rings. The second kappa shape index (κ2) is 6.77. The van der Waals surface area contributed by atoms with Crippen LogP contribution in [0.1, 0.15) is 29.3 Å². The summed E-state index contributed by atoms with van der Waals surface area (Å²) in [5, 5.41) is 2.97. The highest BCUT2D eigenvalue weighted by Crippen LogP contribution is 2.16. The molecular formula is C13H18BrNO2. The van der Waals surface area contributed by atoms with E-state index in [2.05, 4.69) is 21.2 Å². The van der Waals surface area contributed by atoms with Gasteiger partial charge in [0.1, 0.15) is 0 Å². The number of carbonyl (C=O) groups excluding carboxylic acids is 1. The summed E-state index contributed by atoms with van der Waals surface area (Å²) in [5.41, 5.74) is 1.67. The van der Waals surface area contributed by atoms with Crippen LogP contribution in [0.15, 0.2) is 22.7 Å². The van der Waals surface area contributed by atoms with Crippen LogP contribution in [-0.2, 0) is 4.74 Å². The van der Waals surface area contributed by atoms with Gasteiger partial charge in [-0.1, -0.05) is 28.9 Å². The summed E-state index contributed by atoms with van der Waals surface area (Å²) in [4.78, 5) is 12.1. The molecular weight excluding hydrogens is 282 g/mol.